The second kappa shape index (κ2) is 7.12. The molecule has 2 amide bonds. The summed E-state index contributed by atoms with van der Waals surface area (Å²) in [5.74, 6) is -1.29. The van der Waals surface area contributed by atoms with Crippen molar-refractivity contribution in [1.82, 2.24) is 15.0 Å². The van der Waals surface area contributed by atoms with E-state index in [0.29, 0.717) is 24.0 Å². The first kappa shape index (κ1) is 19.9. The number of rotatable bonds is 3. The van der Waals surface area contributed by atoms with Crippen molar-refractivity contribution in [2.75, 3.05) is 13.1 Å². The van der Waals surface area contributed by atoms with Gasteiger partial charge >= 0.3 is 6.18 Å². The third-order valence-electron chi connectivity index (χ3n) is 5.21. The number of carbonyl (C=O) groups excluding carboxylic acids is 2. The Morgan fingerprint density at radius 3 is 2.70 bits per heavy atom. The van der Waals surface area contributed by atoms with Crippen LogP contribution >= 0.6 is 0 Å². The van der Waals surface area contributed by atoms with Gasteiger partial charge in [0.15, 0.2) is 0 Å². The molecule has 1 aliphatic heterocycles. The number of aromatic nitrogens is 2. The average Bonchev–Trinajstić information content (AvgIpc) is 3.34. The number of nitrogens with zero attached hydrogens (tertiary/aromatic N) is 3. The van der Waals surface area contributed by atoms with Crippen LogP contribution in [0.5, 0.6) is 0 Å². The van der Waals surface area contributed by atoms with Gasteiger partial charge in [-0.3, -0.25) is 9.59 Å². The SMILES string of the molecule is Cc1noc2nc(-c3cccc(C(F)(F)F)c3)cc(C(=O)N3CCC(C(N)=O)C3)c12. The molecule has 0 bridgehead atoms. The van der Waals surface area contributed by atoms with E-state index >= 15 is 0 Å². The highest BCUT2D eigenvalue weighted by atomic mass is 19.4. The topological polar surface area (TPSA) is 102 Å². The molecular formula is C20H17F3N4O3. The number of alkyl halides is 3. The maximum Gasteiger partial charge on any atom is 0.416 e. The number of halogens is 3. The molecule has 1 aliphatic rings. The Morgan fingerprint density at radius 2 is 2.03 bits per heavy atom. The largest absolute Gasteiger partial charge is 0.416 e. The van der Waals surface area contributed by atoms with E-state index < -0.39 is 23.6 Å². The summed E-state index contributed by atoms with van der Waals surface area (Å²) in [6.45, 7) is 2.17. The lowest BCUT2D eigenvalue weighted by atomic mass is 10.0. The van der Waals surface area contributed by atoms with Gasteiger partial charge in [0.25, 0.3) is 11.6 Å². The Kier molecular flexibility index (Phi) is 4.71. The molecule has 7 nitrogen and oxygen atoms in total. The quantitative estimate of drug-likeness (QED) is 0.704. The summed E-state index contributed by atoms with van der Waals surface area (Å²) in [7, 11) is 0. The summed E-state index contributed by atoms with van der Waals surface area (Å²) < 4.78 is 44.5. The van der Waals surface area contributed by atoms with E-state index in [2.05, 4.69) is 10.1 Å². The van der Waals surface area contributed by atoms with E-state index in [0.717, 1.165) is 12.1 Å². The molecule has 2 N–H and O–H groups in total. The second-order valence-corrected chi connectivity index (χ2v) is 7.22. The van der Waals surface area contributed by atoms with E-state index in [9.17, 15) is 22.8 Å². The Morgan fingerprint density at radius 1 is 1.27 bits per heavy atom. The van der Waals surface area contributed by atoms with Crippen molar-refractivity contribution >= 4 is 22.9 Å². The minimum absolute atomic E-state index is 0.0522. The lowest BCUT2D eigenvalue weighted by Crippen LogP contribution is -2.32. The molecule has 0 spiro atoms. The highest BCUT2D eigenvalue weighted by Crippen LogP contribution is 2.34. The molecule has 1 atom stereocenters. The number of pyridine rings is 1. The number of aryl methyl sites for hydroxylation is 1. The van der Waals surface area contributed by atoms with Crippen LogP contribution in [0.3, 0.4) is 0 Å². The zero-order valence-electron chi connectivity index (χ0n) is 15.9. The smallest absolute Gasteiger partial charge is 0.369 e. The van der Waals surface area contributed by atoms with Crippen LogP contribution in [0.25, 0.3) is 22.4 Å². The third-order valence-corrected chi connectivity index (χ3v) is 5.21. The predicted octanol–water partition coefficient (Wildman–Crippen LogP) is 3.16. The van der Waals surface area contributed by atoms with Crippen molar-refractivity contribution in [3.05, 3.63) is 47.2 Å². The molecule has 2 aromatic heterocycles. The van der Waals surface area contributed by atoms with Crippen molar-refractivity contribution in [2.45, 2.75) is 19.5 Å². The van der Waals surface area contributed by atoms with Crippen LogP contribution in [0, 0.1) is 12.8 Å². The van der Waals surface area contributed by atoms with Gasteiger partial charge in [-0.15, -0.1) is 0 Å². The van der Waals surface area contributed by atoms with Crippen LogP contribution < -0.4 is 5.73 Å². The number of carbonyl (C=O) groups is 2. The van der Waals surface area contributed by atoms with Crippen molar-refractivity contribution in [2.24, 2.45) is 11.7 Å². The normalized spacial score (nSPS) is 16.9. The Balaban J connectivity index is 1.80. The molecule has 4 rings (SSSR count). The molecule has 1 aromatic carbocycles. The number of fused-ring (bicyclic) bond motifs is 1. The minimum atomic E-state index is -4.51. The van der Waals surface area contributed by atoms with Gasteiger partial charge in [0.05, 0.1) is 33.8 Å². The van der Waals surface area contributed by atoms with Crippen LogP contribution in [0.4, 0.5) is 13.2 Å². The lowest BCUT2D eigenvalue weighted by Gasteiger charge is -2.17. The molecule has 0 saturated carbocycles. The average molecular weight is 418 g/mol. The summed E-state index contributed by atoms with van der Waals surface area (Å²) in [6, 6.07) is 6.10. The predicted molar refractivity (Wildman–Crippen MR) is 100 cm³/mol. The van der Waals surface area contributed by atoms with Gasteiger partial charge in [-0.05, 0) is 31.5 Å². The van der Waals surface area contributed by atoms with E-state index in [1.807, 2.05) is 0 Å². The fourth-order valence-electron chi connectivity index (χ4n) is 3.61. The second-order valence-electron chi connectivity index (χ2n) is 7.22. The van der Waals surface area contributed by atoms with Crippen LogP contribution in [-0.2, 0) is 11.0 Å². The van der Waals surface area contributed by atoms with E-state index in [1.165, 1.54) is 23.1 Å². The number of likely N-dealkylation sites (tertiary alicyclic amines) is 1. The third kappa shape index (κ3) is 3.49. The van der Waals surface area contributed by atoms with Crippen molar-refractivity contribution in [3.63, 3.8) is 0 Å². The summed E-state index contributed by atoms with van der Waals surface area (Å²) in [5.41, 5.74) is 5.54. The monoisotopic (exact) mass is 418 g/mol. The van der Waals surface area contributed by atoms with E-state index in [1.54, 1.807) is 6.92 Å². The fourth-order valence-corrected chi connectivity index (χ4v) is 3.61. The maximum absolute atomic E-state index is 13.2. The van der Waals surface area contributed by atoms with Crippen LogP contribution in [0.1, 0.15) is 28.0 Å². The van der Waals surface area contributed by atoms with Gasteiger partial charge in [0, 0.05) is 18.7 Å². The zero-order valence-corrected chi connectivity index (χ0v) is 15.9. The molecular weight excluding hydrogens is 401 g/mol. The first-order valence-corrected chi connectivity index (χ1v) is 9.18. The number of hydrogen-bond acceptors (Lipinski definition) is 5. The Hall–Kier alpha value is -3.43. The van der Waals surface area contributed by atoms with Gasteiger partial charge in [0.2, 0.25) is 5.91 Å². The summed E-state index contributed by atoms with van der Waals surface area (Å²) in [6.07, 6.45) is -4.06. The molecule has 1 saturated heterocycles. The Bertz CT molecular complexity index is 1160. The highest BCUT2D eigenvalue weighted by Gasteiger charge is 2.33. The number of hydrogen-bond donors (Lipinski definition) is 1. The zero-order chi connectivity index (χ0) is 21.6. The number of nitrogens with two attached hydrogens (primary N) is 1. The standard InChI is InChI=1S/C20H17F3N4O3/c1-10-16-14(19(29)27-6-5-12(9-27)17(24)28)8-15(25-18(16)30-26-10)11-3-2-4-13(7-11)20(21,22)23/h2-4,7-8,12H,5-6,9H2,1H3,(H2,24,28). The van der Waals surface area contributed by atoms with Gasteiger partial charge < -0.3 is 15.2 Å². The first-order valence-electron chi connectivity index (χ1n) is 9.18. The maximum atomic E-state index is 13.2. The molecule has 1 unspecified atom stereocenters. The summed E-state index contributed by atoms with van der Waals surface area (Å²) in [4.78, 5) is 30.4. The number of primary amides is 1. The van der Waals surface area contributed by atoms with Gasteiger partial charge in [-0.1, -0.05) is 17.3 Å². The van der Waals surface area contributed by atoms with Crippen LogP contribution in [0.2, 0.25) is 0 Å². The van der Waals surface area contributed by atoms with Gasteiger partial charge in [-0.25, -0.2) is 4.98 Å². The molecule has 1 fully saturated rings. The number of amides is 2. The first-order chi connectivity index (χ1) is 14.1. The fraction of sp³-hybridized carbons (Fsp3) is 0.300. The minimum Gasteiger partial charge on any atom is -0.369 e. The van der Waals surface area contributed by atoms with Gasteiger partial charge in [-0.2, -0.15) is 13.2 Å². The molecule has 30 heavy (non-hydrogen) atoms. The molecule has 0 aliphatic carbocycles. The summed E-state index contributed by atoms with van der Waals surface area (Å²) >= 11 is 0. The highest BCUT2D eigenvalue weighted by molar-refractivity contribution is 6.07. The van der Waals surface area contributed by atoms with Crippen molar-refractivity contribution < 1.29 is 27.3 Å². The Labute approximate surface area is 168 Å². The molecule has 3 aromatic rings. The number of benzene rings is 1. The van der Waals surface area contributed by atoms with Crippen molar-refractivity contribution in [3.8, 4) is 11.3 Å². The van der Waals surface area contributed by atoms with Crippen LogP contribution in [0.15, 0.2) is 34.9 Å². The van der Waals surface area contributed by atoms with Crippen LogP contribution in [-0.4, -0.2) is 39.9 Å². The molecule has 0 radical (unpaired) electrons. The molecule has 156 valence electrons. The van der Waals surface area contributed by atoms with Crippen molar-refractivity contribution in [1.29, 1.82) is 0 Å². The molecule has 10 heteroatoms. The lowest BCUT2D eigenvalue weighted by molar-refractivity contribution is -0.137. The van der Waals surface area contributed by atoms with E-state index in [-0.39, 0.29) is 35.0 Å². The van der Waals surface area contributed by atoms with E-state index in [4.69, 9.17) is 10.3 Å². The van der Waals surface area contributed by atoms with Gasteiger partial charge in [0.1, 0.15) is 0 Å². The summed E-state index contributed by atoms with van der Waals surface area (Å²) in [5, 5.41) is 4.23. The molecule has 3 heterocycles.